The number of hydrogen-bond acceptors (Lipinski definition) is 3. The SMILES string of the molecule is O=C(C[NH+]1CCN(S(=O)(=O)c2ccc(F)cc2)CC1)NCC1CCCCC1. The molecule has 1 heterocycles. The predicted molar refractivity (Wildman–Crippen MR) is 100 cm³/mol. The van der Waals surface area contributed by atoms with Crippen molar-refractivity contribution in [3.8, 4) is 0 Å². The molecule has 1 aromatic rings. The highest BCUT2D eigenvalue weighted by Gasteiger charge is 2.31. The van der Waals surface area contributed by atoms with E-state index in [0.29, 0.717) is 38.6 Å². The molecule has 0 unspecified atom stereocenters. The molecule has 2 aliphatic rings. The Morgan fingerprint density at radius 1 is 1.11 bits per heavy atom. The fraction of sp³-hybridized carbons (Fsp3) is 0.632. The van der Waals surface area contributed by atoms with E-state index in [2.05, 4.69) is 5.32 Å². The maximum Gasteiger partial charge on any atom is 0.275 e. The minimum atomic E-state index is -3.60. The van der Waals surface area contributed by atoms with E-state index in [-0.39, 0.29) is 10.8 Å². The van der Waals surface area contributed by atoms with Crippen molar-refractivity contribution in [2.45, 2.75) is 37.0 Å². The van der Waals surface area contributed by atoms with Gasteiger partial charge in [-0.05, 0) is 43.0 Å². The lowest BCUT2D eigenvalue weighted by Gasteiger charge is -2.31. The fourth-order valence-corrected chi connectivity index (χ4v) is 5.36. The molecule has 6 nitrogen and oxygen atoms in total. The van der Waals surface area contributed by atoms with Crippen LogP contribution in [-0.2, 0) is 14.8 Å². The summed E-state index contributed by atoms with van der Waals surface area (Å²) in [7, 11) is -3.60. The molecule has 0 atom stereocenters. The quantitative estimate of drug-likeness (QED) is 0.729. The van der Waals surface area contributed by atoms with Gasteiger partial charge >= 0.3 is 0 Å². The number of nitrogens with one attached hydrogen (secondary N) is 2. The van der Waals surface area contributed by atoms with Crippen molar-refractivity contribution in [2.24, 2.45) is 5.92 Å². The number of quaternary nitrogens is 1. The second-order valence-corrected chi connectivity index (χ2v) is 9.53. The molecule has 1 aliphatic carbocycles. The van der Waals surface area contributed by atoms with E-state index >= 15 is 0 Å². The first kappa shape index (κ1) is 20.2. The highest BCUT2D eigenvalue weighted by molar-refractivity contribution is 7.89. The van der Waals surface area contributed by atoms with Gasteiger partial charge in [-0.3, -0.25) is 4.79 Å². The Bertz CT molecular complexity index is 725. The fourth-order valence-electron chi connectivity index (χ4n) is 3.91. The topological polar surface area (TPSA) is 70.9 Å². The molecule has 2 N–H and O–H groups in total. The highest BCUT2D eigenvalue weighted by atomic mass is 32.2. The van der Waals surface area contributed by atoms with Crippen molar-refractivity contribution in [3.05, 3.63) is 30.1 Å². The largest absolute Gasteiger partial charge is 0.351 e. The van der Waals surface area contributed by atoms with Gasteiger partial charge in [0.15, 0.2) is 6.54 Å². The van der Waals surface area contributed by atoms with Crippen LogP contribution in [0.5, 0.6) is 0 Å². The molecule has 1 saturated heterocycles. The molecule has 0 radical (unpaired) electrons. The van der Waals surface area contributed by atoms with E-state index in [0.717, 1.165) is 23.6 Å². The zero-order chi connectivity index (χ0) is 19.3. The summed E-state index contributed by atoms with van der Waals surface area (Å²) in [6.45, 7) is 3.07. The molecule has 3 rings (SSSR count). The summed E-state index contributed by atoms with van der Waals surface area (Å²) in [4.78, 5) is 13.4. The standard InChI is InChI=1S/C19H28FN3O3S/c20-17-6-8-18(9-7-17)27(25,26)23-12-10-22(11-13-23)15-19(24)21-14-16-4-2-1-3-5-16/h6-9,16H,1-5,10-15H2,(H,21,24)/p+1. The molecule has 2 fully saturated rings. The van der Waals surface area contributed by atoms with Crippen LogP contribution >= 0.6 is 0 Å². The van der Waals surface area contributed by atoms with Crippen LogP contribution in [0.1, 0.15) is 32.1 Å². The summed E-state index contributed by atoms with van der Waals surface area (Å²) in [5.41, 5.74) is 0. The van der Waals surface area contributed by atoms with Crippen LogP contribution in [0.15, 0.2) is 29.2 Å². The second kappa shape index (κ2) is 9.12. The Kier molecular flexibility index (Phi) is 6.83. The molecular weight excluding hydrogens is 369 g/mol. The summed E-state index contributed by atoms with van der Waals surface area (Å²) in [6, 6.07) is 4.90. The van der Waals surface area contributed by atoms with Crippen molar-refractivity contribution in [2.75, 3.05) is 39.3 Å². The van der Waals surface area contributed by atoms with Gasteiger partial charge in [-0.25, -0.2) is 12.8 Å². The lowest BCUT2D eigenvalue weighted by Crippen LogP contribution is -3.15. The van der Waals surface area contributed by atoms with Gasteiger partial charge in [-0.1, -0.05) is 19.3 Å². The number of amides is 1. The van der Waals surface area contributed by atoms with Crippen LogP contribution in [0.3, 0.4) is 0 Å². The Balaban J connectivity index is 1.44. The molecular formula is C19H29FN3O3S+. The molecule has 1 amide bonds. The first-order chi connectivity index (χ1) is 12.9. The average molecular weight is 399 g/mol. The number of carbonyl (C=O) groups excluding carboxylic acids is 1. The smallest absolute Gasteiger partial charge is 0.275 e. The Labute approximate surface area is 160 Å². The van der Waals surface area contributed by atoms with Gasteiger partial charge in [0.25, 0.3) is 5.91 Å². The third-order valence-electron chi connectivity index (χ3n) is 5.60. The van der Waals surface area contributed by atoms with Gasteiger partial charge in [0.2, 0.25) is 10.0 Å². The zero-order valence-corrected chi connectivity index (χ0v) is 16.4. The number of rotatable bonds is 6. The van der Waals surface area contributed by atoms with Crippen LogP contribution < -0.4 is 10.2 Å². The van der Waals surface area contributed by atoms with Crippen molar-refractivity contribution in [1.29, 1.82) is 0 Å². The minimum absolute atomic E-state index is 0.0467. The molecule has 1 aromatic carbocycles. The second-order valence-electron chi connectivity index (χ2n) is 7.59. The number of piperazine rings is 1. The van der Waals surface area contributed by atoms with Gasteiger partial charge in [0, 0.05) is 6.54 Å². The average Bonchev–Trinajstić information content (AvgIpc) is 2.68. The summed E-state index contributed by atoms with van der Waals surface area (Å²) < 4.78 is 39.7. The maximum absolute atomic E-state index is 13.0. The molecule has 8 heteroatoms. The van der Waals surface area contributed by atoms with E-state index in [1.807, 2.05) is 0 Å². The molecule has 1 aliphatic heterocycles. The Hall–Kier alpha value is -1.51. The Morgan fingerprint density at radius 2 is 1.74 bits per heavy atom. The number of halogens is 1. The predicted octanol–water partition coefficient (Wildman–Crippen LogP) is 0.411. The maximum atomic E-state index is 13.0. The third-order valence-corrected chi connectivity index (χ3v) is 7.52. The van der Waals surface area contributed by atoms with Crippen LogP contribution in [-0.4, -0.2) is 57.9 Å². The summed E-state index contributed by atoms with van der Waals surface area (Å²) in [5, 5.41) is 3.05. The normalized spacial score (nSPS) is 20.5. The van der Waals surface area contributed by atoms with Crippen LogP contribution in [0.25, 0.3) is 0 Å². The summed E-state index contributed by atoms with van der Waals surface area (Å²) >= 11 is 0. The number of benzene rings is 1. The molecule has 0 spiro atoms. The van der Waals surface area contributed by atoms with E-state index in [4.69, 9.17) is 0 Å². The van der Waals surface area contributed by atoms with Crippen molar-refractivity contribution >= 4 is 15.9 Å². The summed E-state index contributed by atoms with van der Waals surface area (Å²) in [6.07, 6.45) is 6.23. The van der Waals surface area contributed by atoms with Gasteiger partial charge in [-0.15, -0.1) is 0 Å². The monoisotopic (exact) mass is 398 g/mol. The van der Waals surface area contributed by atoms with Gasteiger partial charge in [0.05, 0.1) is 31.1 Å². The van der Waals surface area contributed by atoms with Gasteiger partial charge in [-0.2, -0.15) is 4.31 Å². The lowest BCUT2D eigenvalue weighted by atomic mass is 9.89. The molecule has 0 bridgehead atoms. The molecule has 1 saturated carbocycles. The van der Waals surface area contributed by atoms with Crippen molar-refractivity contribution in [1.82, 2.24) is 9.62 Å². The first-order valence-electron chi connectivity index (χ1n) is 9.81. The van der Waals surface area contributed by atoms with Gasteiger partial charge in [0.1, 0.15) is 5.82 Å². The van der Waals surface area contributed by atoms with Crippen LogP contribution in [0.2, 0.25) is 0 Å². The van der Waals surface area contributed by atoms with Crippen LogP contribution in [0, 0.1) is 11.7 Å². The lowest BCUT2D eigenvalue weighted by molar-refractivity contribution is -0.895. The number of carbonyl (C=O) groups is 1. The van der Waals surface area contributed by atoms with Gasteiger partial charge < -0.3 is 10.2 Å². The van der Waals surface area contributed by atoms with Crippen molar-refractivity contribution < 1.29 is 22.5 Å². The number of nitrogens with zero attached hydrogens (tertiary/aromatic N) is 1. The molecule has 150 valence electrons. The van der Waals surface area contributed by atoms with Crippen molar-refractivity contribution in [3.63, 3.8) is 0 Å². The minimum Gasteiger partial charge on any atom is -0.351 e. The van der Waals surface area contributed by atoms with Crippen LogP contribution in [0.4, 0.5) is 4.39 Å². The summed E-state index contributed by atoms with van der Waals surface area (Å²) in [5.74, 6) is 0.197. The molecule has 27 heavy (non-hydrogen) atoms. The third kappa shape index (κ3) is 5.49. The zero-order valence-electron chi connectivity index (χ0n) is 15.6. The van der Waals surface area contributed by atoms with E-state index < -0.39 is 15.8 Å². The number of hydrogen-bond donors (Lipinski definition) is 2. The highest BCUT2D eigenvalue weighted by Crippen LogP contribution is 2.22. The molecule has 0 aromatic heterocycles. The first-order valence-corrected chi connectivity index (χ1v) is 11.2. The number of sulfonamides is 1. The Morgan fingerprint density at radius 3 is 2.37 bits per heavy atom. The van der Waals surface area contributed by atoms with E-state index in [1.165, 1.54) is 48.5 Å². The van der Waals surface area contributed by atoms with E-state index in [1.54, 1.807) is 0 Å². The van der Waals surface area contributed by atoms with E-state index in [9.17, 15) is 17.6 Å².